The standard InChI is InChI=1S/C12H15N/c1-10-5-2-3-6-11(10)9-12-7-4-8-13-12/h2-7,12-13H,8-9H2,1H3. The van der Waals surface area contributed by atoms with Crippen molar-refractivity contribution in [2.45, 2.75) is 19.4 Å². The number of rotatable bonds is 2. The van der Waals surface area contributed by atoms with Crippen molar-refractivity contribution in [3.05, 3.63) is 47.5 Å². The molecule has 0 spiro atoms. The van der Waals surface area contributed by atoms with Gasteiger partial charge in [0.25, 0.3) is 0 Å². The molecule has 1 heteroatoms. The van der Waals surface area contributed by atoms with Crippen molar-refractivity contribution >= 4 is 0 Å². The Hall–Kier alpha value is -1.08. The quantitative estimate of drug-likeness (QED) is 0.675. The third-order valence-corrected chi connectivity index (χ3v) is 2.57. The van der Waals surface area contributed by atoms with Gasteiger partial charge in [0.05, 0.1) is 0 Å². The van der Waals surface area contributed by atoms with Crippen molar-refractivity contribution in [2.75, 3.05) is 6.54 Å². The molecule has 0 bridgehead atoms. The van der Waals surface area contributed by atoms with E-state index in [2.05, 4.69) is 48.7 Å². The molecule has 1 N–H and O–H groups in total. The van der Waals surface area contributed by atoms with Crippen LogP contribution >= 0.6 is 0 Å². The smallest absolute Gasteiger partial charge is 0.0293 e. The van der Waals surface area contributed by atoms with Gasteiger partial charge >= 0.3 is 0 Å². The van der Waals surface area contributed by atoms with Crippen LogP contribution in [0, 0.1) is 6.92 Å². The summed E-state index contributed by atoms with van der Waals surface area (Å²) in [6.45, 7) is 3.20. The molecule has 0 amide bonds. The first-order valence-corrected chi connectivity index (χ1v) is 4.81. The van der Waals surface area contributed by atoms with E-state index < -0.39 is 0 Å². The summed E-state index contributed by atoms with van der Waals surface area (Å²) >= 11 is 0. The molecule has 0 aliphatic carbocycles. The molecule has 1 nitrogen and oxygen atoms in total. The van der Waals surface area contributed by atoms with Gasteiger partial charge in [-0.05, 0) is 24.5 Å². The lowest BCUT2D eigenvalue weighted by Gasteiger charge is -2.10. The summed E-state index contributed by atoms with van der Waals surface area (Å²) < 4.78 is 0. The average molecular weight is 173 g/mol. The Balaban J connectivity index is 2.09. The molecule has 1 aromatic rings. The lowest BCUT2D eigenvalue weighted by molar-refractivity contribution is 0.663. The number of hydrogen-bond acceptors (Lipinski definition) is 1. The second-order valence-electron chi connectivity index (χ2n) is 3.57. The lowest BCUT2D eigenvalue weighted by Crippen LogP contribution is -2.24. The van der Waals surface area contributed by atoms with Crippen LogP contribution in [0.15, 0.2) is 36.4 Å². The van der Waals surface area contributed by atoms with Crippen LogP contribution in [-0.2, 0) is 6.42 Å². The SMILES string of the molecule is Cc1ccccc1CC1C=CCN1. The Bertz CT molecular complexity index is 315. The van der Waals surface area contributed by atoms with E-state index in [9.17, 15) is 0 Å². The second-order valence-corrected chi connectivity index (χ2v) is 3.57. The van der Waals surface area contributed by atoms with Crippen LogP contribution in [0.5, 0.6) is 0 Å². The molecule has 1 aliphatic rings. The zero-order chi connectivity index (χ0) is 9.10. The Labute approximate surface area is 79.5 Å². The molecule has 2 rings (SSSR count). The summed E-state index contributed by atoms with van der Waals surface area (Å²) in [5, 5.41) is 3.42. The average Bonchev–Trinajstić information content (AvgIpc) is 2.61. The Kier molecular flexibility index (Phi) is 2.46. The highest BCUT2D eigenvalue weighted by Gasteiger charge is 2.09. The summed E-state index contributed by atoms with van der Waals surface area (Å²) in [5.74, 6) is 0. The number of benzene rings is 1. The molecular weight excluding hydrogens is 158 g/mol. The highest BCUT2D eigenvalue weighted by atomic mass is 14.9. The molecule has 1 aromatic carbocycles. The summed E-state index contributed by atoms with van der Waals surface area (Å²) in [5.41, 5.74) is 2.84. The molecule has 1 atom stereocenters. The van der Waals surface area contributed by atoms with Gasteiger partial charge in [0, 0.05) is 12.6 Å². The summed E-state index contributed by atoms with van der Waals surface area (Å²) in [6, 6.07) is 9.13. The van der Waals surface area contributed by atoms with Crippen LogP contribution in [0.4, 0.5) is 0 Å². The van der Waals surface area contributed by atoms with Crippen LogP contribution in [0.3, 0.4) is 0 Å². The number of aryl methyl sites for hydroxylation is 1. The Morgan fingerprint density at radius 3 is 2.92 bits per heavy atom. The van der Waals surface area contributed by atoms with Gasteiger partial charge < -0.3 is 5.32 Å². The third kappa shape index (κ3) is 1.99. The van der Waals surface area contributed by atoms with Gasteiger partial charge in [-0.25, -0.2) is 0 Å². The first-order chi connectivity index (χ1) is 6.36. The van der Waals surface area contributed by atoms with Crippen LogP contribution in [0.25, 0.3) is 0 Å². The minimum Gasteiger partial charge on any atom is -0.307 e. The van der Waals surface area contributed by atoms with E-state index in [1.807, 2.05) is 0 Å². The maximum absolute atomic E-state index is 3.42. The highest BCUT2D eigenvalue weighted by molar-refractivity contribution is 5.27. The normalized spacial score (nSPS) is 20.8. The van der Waals surface area contributed by atoms with E-state index in [0.717, 1.165) is 13.0 Å². The van der Waals surface area contributed by atoms with Crippen molar-refractivity contribution in [3.63, 3.8) is 0 Å². The fraction of sp³-hybridized carbons (Fsp3) is 0.333. The molecular formula is C12H15N. The molecule has 0 fully saturated rings. The van der Waals surface area contributed by atoms with Gasteiger partial charge in [0.1, 0.15) is 0 Å². The van der Waals surface area contributed by atoms with E-state index >= 15 is 0 Å². The molecule has 0 aromatic heterocycles. The minimum atomic E-state index is 0.543. The predicted octanol–water partition coefficient (Wildman–Crippen LogP) is 2.07. The Morgan fingerprint density at radius 2 is 2.23 bits per heavy atom. The molecule has 1 unspecified atom stereocenters. The van der Waals surface area contributed by atoms with Crippen LogP contribution in [0.1, 0.15) is 11.1 Å². The van der Waals surface area contributed by atoms with Gasteiger partial charge in [-0.3, -0.25) is 0 Å². The highest BCUT2D eigenvalue weighted by Crippen LogP contribution is 2.11. The van der Waals surface area contributed by atoms with E-state index in [4.69, 9.17) is 0 Å². The van der Waals surface area contributed by atoms with Crippen molar-refractivity contribution in [3.8, 4) is 0 Å². The van der Waals surface area contributed by atoms with Gasteiger partial charge in [-0.15, -0.1) is 0 Å². The predicted molar refractivity (Wildman–Crippen MR) is 55.8 cm³/mol. The fourth-order valence-corrected chi connectivity index (χ4v) is 1.74. The lowest BCUT2D eigenvalue weighted by atomic mass is 10.0. The van der Waals surface area contributed by atoms with Crippen LogP contribution in [0.2, 0.25) is 0 Å². The van der Waals surface area contributed by atoms with Crippen LogP contribution in [-0.4, -0.2) is 12.6 Å². The zero-order valence-electron chi connectivity index (χ0n) is 7.96. The van der Waals surface area contributed by atoms with Gasteiger partial charge in [0.2, 0.25) is 0 Å². The summed E-state index contributed by atoms with van der Waals surface area (Å²) in [7, 11) is 0. The molecule has 13 heavy (non-hydrogen) atoms. The third-order valence-electron chi connectivity index (χ3n) is 2.57. The van der Waals surface area contributed by atoms with E-state index in [0.29, 0.717) is 6.04 Å². The molecule has 68 valence electrons. The zero-order valence-corrected chi connectivity index (χ0v) is 7.96. The minimum absolute atomic E-state index is 0.543. The van der Waals surface area contributed by atoms with E-state index in [1.165, 1.54) is 11.1 Å². The monoisotopic (exact) mass is 173 g/mol. The molecule has 1 heterocycles. The molecule has 0 saturated carbocycles. The van der Waals surface area contributed by atoms with E-state index in [-0.39, 0.29) is 0 Å². The van der Waals surface area contributed by atoms with Gasteiger partial charge in [0.15, 0.2) is 0 Å². The topological polar surface area (TPSA) is 12.0 Å². The van der Waals surface area contributed by atoms with Crippen molar-refractivity contribution in [1.29, 1.82) is 0 Å². The fourth-order valence-electron chi connectivity index (χ4n) is 1.74. The number of hydrogen-bond donors (Lipinski definition) is 1. The maximum Gasteiger partial charge on any atom is 0.0293 e. The summed E-state index contributed by atoms with van der Waals surface area (Å²) in [6.07, 6.45) is 5.57. The van der Waals surface area contributed by atoms with Gasteiger partial charge in [-0.2, -0.15) is 0 Å². The van der Waals surface area contributed by atoms with Crippen molar-refractivity contribution in [2.24, 2.45) is 0 Å². The van der Waals surface area contributed by atoms with Gasteiger partial charge in [-0.1, -0.05) is 36.4 Å². The first kappa shape index (κ1) is 8.52. The molecule has 0 radical (unpaired) electrons. The summed E-state index contributed by atoms with van der Waals surface area (Å²) in [4.78, 5) is 0. The largest absolute Gasteiger partial charge is 0.307 e. The molecule has 1 aliphatic heterocycles. The maximum atomic E-state index is 3.42. The molecule has 0 saturated heterocycles. The van der Waals surface area contributed by atoms with Crippen molar-refractivity contribution < 1.29 is 0 Å². The Morgan fingerprint density at radius 1 is 1.38 bits per heavy atom. The second kappa shape index (κ2) is 3.75. The number of nitrogens with one attached hydrogen (secondary N) is 1. The van der Waals surface area contributed by atoms with E-state index in [1.54, 1.807) is 0 Å². The van der Waals surface area contributed by atoms with Crippen LogP contribution < -0.4 is 5.32 Å². The first-order valence-electron chi connectivity index (χ1n) is 4.81. The van der Waals surface area contributed by atoms with Crippen molar-refractivity contribution in [1.82, 2.24) is 5.32 Å².